The molecule has 0 bridgehead atoms. The zero-order valence-corrected chi connectivity index (χ0v) is 7.86. The molecule has 1 aromatic rings. The van der Waals surface area contributed by atoms with Gasteiger partial charge in [-0.25, -0.2) is 4.79 Å². The third-order valence-corrected chi connectivity index (χ3v) is 1.61. The average molecular weight is 209 g/mol. The van der Waals surface area contributed by atoms with Crippen molar-refractivity contribution in [1.29, 1.82) is 0 Å². The first-order chi connectivity index (χ1) is 7.11. The van der Waals surface area contributed by atoms with E-state index in [9.17, 15) is 9.59 Å². The van der Waals surface area contributed by atoms with Gasteiger partial charge in [-0.1, -0.05) is 0 Å². The van der Waals surface area contributed by atoms with Gasteiger partial charge < -0.3 is 16.2 Å². The Morgan fingerprint density at radius 3 is 2.00 bits per heavy atom. The van der Waals surface area contributed by atoms with Crippen molar-refractivity contribution in [2.24, 2.45) is 5.73 Å². The molecule has 0 heterocycles. The second kappa shape index (κ2) is 4.97. The number of benzene rings is 1. The van der Waals surface area contributed by atoms with Gasteiger partial charge in [0.1, 0.15) is 0 Å². The van der Waals surface area contributed by atoms with Gasteiger partial charge in [0, 0.05) is 11.4 Å². The van der Waals surface area contributed by atoms with Crippen LogP contribution in [0.3, 0.4) is 0 Å². The normalized spacial score (nSPS) is 9.40. The Morgan fingerprint density at radius 2 is 1.60 bits per heavy atom. The Bertz CT molecular complexity index is 361. The first kappa shape index (κ1) is 11.0. The highest BCUT2D eigenvalue weighted by Crippen LogP contribution is 2.13. The molecule has 0 fully saturated rings. The minimum Gasteiger partial charge on any atom is -0.465 e. The molecule has 5 N–H and O–H groups in total. The maximum absolute atomic E-state index is 10.9. The second-order valence-electron chi connectivity index (χ2n) is 2.76. The summed E-state index contributed by atoms with van der Waals surface area (Å²) in [5.74, 6) is -0.297. The number of nitrogens with two attached hydrogens (primary N) is 1. The van der Waals surface area contributed by atoms with Gasteiger partial charge in [0.15, 0.2) is 0 Å². The lowest BCUT2D eigenvalue weighted by Gasteiger charge is -2.04. The Balaban J connectivity index is 2.64. The number of hydrogen-bond acceptors (Lipinski definition) is 3. The van der Waals surface area contributed by atoms with Crippen LogP contribution in [0.4, 0.5) is 16.2 Å². The molecule has 0 saturated heterocycles. The molecule has 1 rings (SSSR count). The van der Waals surface area contributed by atoms with Crippen LogP contribution in [0.5, 0.6) is 0 Å². The van der Waals surface area contributed by atoms with Crippen LogP contribution < -0.4 is 16.4 Å². The zero-order chi connectivity index (χ0) is 11.3. The lowest BCUT2D eigenvalue weighted by Crippen LogP contribution is -2.21. The van der Waals surface area contributed by atoms with Gasteiger partial charge >= 0.3 is 6.09 Å². The molecular weight excluding hydrogens is 198 g/mol. The molecule has 0 unspecified atom stereocenters. The van der Waals surface area contributed by atoms with E-state index in [1.807, 2.05) is 0 Å². The number of rotatable bonds is 3. The first-order valence-electron chi connectivity index (χ1n) is 4.22. The van der Waals surface area contributed by atoms with Crippen molar-refractivity contribution in [3.63, 3.8) is 0 Å². The third kappa shape index (κ3) is 3.65. The van der Waals surface area contributed by atoms with E-state index < -0.39 is 6.09 Å². The third-order valence-electron chi connectivity index (χ3n) is 1.61. The molecule has 2 amide bonds. The largest absolute Gasteiger partial charge is 0.465 e. The number of anilines is 2. The SMILES string of the molecule is NCC(=O)Nc1ccc(NC(=O)O)cc1. The minimum atomic E-state index is -1.13. The van der Waals surface area contributed by atoms with Gasteiger partial charge in [-0.15, -0.1) is 0 Å². The van der Waals surface area contributed by atoms with Crippen LogP contribution in [0.2, 0.25) is 0 Å². The summed E-state index contributed by atoms with van der Waals surface area (Å²) < 4.78 is 0. The molecule has 0 spiro atoms. The highest BCUT2D eigenvalue weighted by Gasteiger charge is 2.00. The Morgan fingerprint density at radius 1 is 1.13 bits per heavy atom. The number of hydrogen-bond donors (Lipinski definition) is 4. The standard InChI is InChI=1S/C9H11N3O3/c10-5-8(13)11-6-1-3-7(4-2-6)12-9(14)15/h1-4,12H,5,10H2,(H,11,13)(H,14,15). The number of carbonyl (C=O) groups excluding carboxylic acids is 1. The Kier molecular flexibility index (Phi) is 3.64. The molecule has 0 atom stereocenters. The van der Waals surface area contributed by atoms with Crippen LogP contribution in [0, 0.1) is 0 Å². The zero-order valence-electron chi connectivity index (χ0n) is 7.86. The summed E-state index contributed by atoms with van der Waals surface area (Å²) in [7, 11) is 0. The number of carboxylic acid groups (broad SMARTS) is 1. The summed E-state index contributed by atoms with van der Waals surface area (Å²) in [6.07, 6.45) is -1.13. The monoisotopic (exact) mass is 209 g/mol. The summed E-state index contributed by atoms with van der Waals surface area (Å²) in [6.45, 7) is -0.0882. The highest BCUT2D eigenvalue weighted by atomic mass is 16.4. The van der Waals surface area contributed by atoms with E-state index in [0.717, 1.165) is 0 Å². The highest BCUT2D eigenvalue weighted by molar-refractivity contribution is 5.92. The van der Waals surface area contributed by atoms with Crippen molar-refractivity contribution in [3.05, 3.63) is 24.3 Å². The predicted octanol–water partition coefficient (Wildman–Crippen LogP) is 0.674. The van der Waals surface area contributed by atoms with Crippen molar-refractivity contribution in [2.75, 3.05) is 17.2 Å². The van der Waals surface area contributed by atoms with E-state index in [4.69, 9.17) is 10.8 Å². The number of carbonyl (C=O) groups is 2. The maximum Gasteiger partial charge on any atom is 0.409 e. The van der Waals surface area contributed by atoms with Gasteiger partial charge in [0.2, 0.25) is 5.91 Å². The van der Waals surface area contributed by atoms with Crippen LogP contribution in [-0.4, -0.2) is 23.7 Å². The van der Waals surface area contributed by atoms with Crippen molar-refractivity contribution < 1.29 is 14.7 Å². The number of nitrogens with one attached hydrogen (secondary N) is 2. The quantitative estimate of drug-likeness (QED) is 0.587. The lowest BCUT2D eigenvalue weighted by molar-refractivity contribution is -0.114. The average Bonchev–Trinajstić information content (AvgIpc) is 2.20. The molecular formula is C9H11N3O3. The molecule has 6 nitrogen and oxygen atoms in total. The summed E-state index contributed by atoms with van der Waals surface area (Å²) in [6, 6.07) is 6.25. The summed E-state index contributed by atoms with van der Waals surface area (Å²) in [5.41, 5.74) is 6.12. The fourth-order valence-corrected chi connectivity index (χ4v) is 0.972. The van der Waals surface area contributed by atoms with E-state index in [1.54, 1.807) is 24.3 Å². The van der Waals surface area contributed by atoms with Crippen LogP contribution >= 0.6 is 0 Å². The van der Waals surface area contributed by atoms with E-state index in [0.29, 0.717) is 11.4 Å². The Hall–Kier alpha value is -2.08. The van der Waals surface area contributed by atoms with E-state index in [1.165, 1.54) is 0 Å². The van der Waals surface area contributed by atoms with Gasteiger partial charge in [-0.2, -0.15) is 0 Å². The van der Waals surface area contributed by atoms with Crippen LogP contribution in [0.15, 0.2) is 24.3 Å². The predicted molar refractivity (Wildman–Crippen MR) is 55.8 cm³/mol. The van der Waals surface area contributed by atoms with E-state index in [2.05, 4.69) is 10.6 Å². The molecule has 0 saturated carbocycles. The van der Waals surface area contributed by atoms with Gasteiger partial charge in [-0.3, -0.25) is 10.1 Å². The van der Waals surface area contributed by atoms with Gasteiger partial charge in [-0.05, 0) is 24.3 Å². The topological polar surface area (TPSA) is 104 Å². The first-order valence-corrected chi connectivity index (χ1v) is 4.22. The summed E-state index contributed by atoms with van der Waals surface area (Å²) in [5, 5.41) is 13.1. The molecule has 0 aromatic heterocycles. The fraction of sp³-hybridized carbons (Fsp3) is 0.111. The van der Waals surface area contributed by atoms with Gasteiger partial charge in [0.05, 0.1) is 6.54 Å². The van der Waals surface area contributed by atoms with Crippen LogP contribution in [0.25, 0.3) is 0 Å². The molecule has 0 aliphatic heterocycles. The van der Waals surface area contributed by atoms with E-state index in [-0.39, 0.29) is 12.5 Å². The molecule has 6 heteroatoms. The molecule has 15 heavy (non-hydrogen) atoms. The molecule has 0 aliphatic carbocycles. The number of amides is 2. The summed E-state index contributed by atoms with van der Waals surface area (Å²) >= 11 is 0. The second-order valence-corrected chi connectivity index (χ2v) is 2.76. The van der Waals surface area contributed by atoms with Crippen molar-refractivity contribution >= 4 is 23.4 Å². The van der Waals surface area contributed by atoms with E-state index >= 15 is 0 Å². The lowest BCUT2D eigenvalue weighted by atomic mass is 10.3. The fourth-order valence-electron chi connectivity index (χ4n) is 0.972. The molecule has 80 valence electrons. The maximum atomic E-state index is 10.9. The smallest absolute Gasteiger partial charge is 0.409 e. The van der Waals surface area contributed by atoms with Crippen LogP contribution in [0.1, 0.15) is 0 Å². The summed E-state index contributed by atoms with van der Waals surface area (Å²) in [4.78, 5) is 21.2. The molecule has 0 radical (unpaired) electrons. The minimum absolute atomic E-state index is 0.0882. The molecule has 0 aliphatic rings. The van der Waals surface area contributed by atoms with Crippen molar-refractivity contribution in [3.8, 4) is 0 Å². The molecule has 1 aromatic carbocycles. The van der Waals surface area contributed by atoms with Crippen molar-refractivity contribution in [2.45, 2.75) is 0 Å². The van der Waals surface area contributed by atoms with Crippen molar-refractivity contribution in [1.82, 2.24) is 0 Å². The van der Waals surface area contributed by atoms with Crippen LogP contribution in [-0.2, 0) is 4.79 Å². The Labute approximate surface area is 86.1 Å². The van der Waals surface area contributed by atoms with Gasteiger partial charge in [0.25, 0.3) is 0 Å².